The molecule has 1 saturated heterocycles. The minimum absolute atomic E-state index is 0.229. The first-order chi connectivity index (χ1) is 12.7. The first-order valence-corrected chi connectivity index (χ1v) is 9.25. The maximum atomic E-state index is 13.2. The molecular weight excluding hydrogens is 362 g/mol. The fourth-order valence-electron chi connectivity index (χ4n) is 3.16. The summed E-state index contributed by atoms with van der Waals surface area (Å²) in [5.74, 6) is 0.00426. The number of hydrogen-bond acceptors (Lipinski definition) is 4. The summed E-state index contributed by atoms with van der Waals surface area (Å²) in [7, 11) is -0.690. The van der Waals surface area contributed by atoms with E-state index in [2.05, 4.69) is 0 Å². The molecule has 0 saturated carbocycles. The van der Waals surface area contributed by atoms with E-state index in [9.17, 15) is 4.79 Å². The smallest absolute Gasteiger partial charge is 0.453 e. The van der Waals surface area contributed by atoms with Crippen LogP contribution in [0.15, 0.2) is 52.9 Å². The molecule has 3 aromatic rings. The van der Waals surface area contributed by atoms with Crippen LogP contribution in [-0.2, 0) is 9.31 Å². The Morgan fingerprint density at radius 3 is 2.15 bits per heavy atom. The van der Waals surface area contributed by atoms with Crippen molar-refractivity contribution in [2.24, 2.45) is 0 Å². The lowest BCUT2D eigenvalue weighted by atomic mass is 9.75. The molecule has 0 bridgehead atoms. The van der Waals surface area contributed by atoms with Crippen LogP contribution in [0.5, 0.6) is 0 Å². The molecule has 0 spiro atoms. The van der Waals surface area contributed by atoms with E-state index in [1.165, 1.54) is 0 Å². The number of benzene rings is 2. The third kappa shape index (κ3) is 3.00. The van der Waals surface area contributed by atoms with Crippen LogP contribution in [0.3, 0.4) is 0 Å². The monoisotopic (exact) mass is 382 g/mol. The van der Waals surface area contributed by atoms with Crippen molar-refractivity contribution < 1.29 is 18.5 Å². The molecule has 138 valence electrons. The fraction of sp³-hybridized carbons (Fsp3) is 0.286. The highest BCUT2D eigenvalue weighted by Gasteiger charge is 2.53. The van der Waals surface area contributed by atoms with E-state index in [1.54, 1.807) is 24.3 Å². The molecule has 27 heavy (non-hydrogen) atoms. The summed E-state index contributed by atoms with van der Waals surface area (Å²) < 4.78 is 18.4. The third-order valence-electron chi connectivity index (χ3n) is 5.44. The van der Waals surface area contributed by atoms with Gasteiger partial charge in [0.05, 0.1) is 11.2 Å². The molecule has 0 radical (unpaired) electrons. The predicted molar refractivity (Wildman–Crippen MR) is 107 cm³/mol. The average molecular weight is 383 g/mol. The van der Waals surface area contributed by atoms with Crippen molar-refractivity contribution in [3.05, 3.63) is 64.9 Å². The number of rotatable bonds is 3. The normalized spacial score (nSPS) is 18.2. The second-order valence-corrected chi connectivity index (χ2v) is 8.20. The molecule has 6 heteroatoms. The van der Waals surface area contributed by atoms with Gasteiger partial charge < -0.3 is 13.7 Å². The summed E-state index contributed by atoms with van der Waals surface area (Å²) in [5.41, 5.74) is 0.715. The van der Waals surface area contributed by atoms with Gasteiger partial charge >= 0.3 is 7.12 Å². The minimum Gasteiger partial charge on any atom is -0.453 e. The quantitative estimate of drug-likeness (QED) is 0.490. The van der Waals surface area contributed by atoms with E-state index in [1.807, 2.05) is 52.0 Å². The van der Waals surface area contributed by atoms with E-state index >= 15 is 0 Å². The van der Waals surface area contributed by atoms with Gasteiger partial charge in [0, 0.05) is 21.4 Å². The number of ketones is 1. The Morgan fingerprint density at radius 2 is 1.52 bits per heavy atom. The lowest BCUT2D eigenvalue weighted by Crippen LogP contribution is -2.41. The lowest BCUT2D eigenvalue weighted by Gasteiger charge is -2.32. The van der Waals surface area contributed by atoms with Gasteiger partial charge in [0.1, 0.15) is 5.58 Å². The van der Waals surface area contributed by atoms with Gasteiger partial charge in [0.25, 0.3) is 0 Å². The molecule has 0 atom stereocenters. The first kappa shape index (κ1) is 18.3. The second-order valence-electron chi connectivity index (χ2n) is 7.77. The van der Waals surface area contributed by atoms with Crippen molar-refractivity contribution >= 4 is 40.9 Å². The molecule has 4 nitrogen and oxygen atoms in total. The molecule has 2 aromatic carbocycles. The number of carbonyl (C=O) groups excluding carboxylic acids is 1. The van der Waals surface area contributed by atoms with Crippen LogP contribution >= 0.6 is 11.6 Å². The van der Waals surface area contributed by atoms with Crippen LogP contribution in [-0.4, -0.2) is 24.1 Å². The van der Waals surface area contributed by atoms with Gasteiger partial charge in [0.15, 0.2) is 5.76 Å². The van der Waals surface area contributed by atoms with Crippen LogP contribution in [0.25, 0.3) is 11.0 Å². The highest BCUT2D eigenvalue weighted by atomic mass is 35.5. The number of furan rings is 1. The molecule has 1 aliphatic rings. The molecule has 1 aromatic heterocycles. The zero-order chi connectivity index (χ0) is 19.4. The minimum atomic E-state index is -0.690. The van der Waals surface area contributed by atoms with E-state index in [0.717, 1.165) is 5.39 Å². The molecule has 1 aliphatic heterocycles. The summed E-state index contributed by atoms with van der Waals surface area (Å²) in [6.45, 7) is 7.93. The van der Waals surface area contributed by atoms with Gasteiger partial charge in [-0.1, -0.05) is 29.8 Å². The zero-order valence-electron chi connectivity index (χ0n) is 15.7. The van der Waals surface area contributed by atoms with Gasteiger partial charge in [-0.25, -0.2) is 0 Å². The van der Waals surface area contributed by atoms with E-state index in [0.29, 0.717) is 21.6 Å². The fourth-order valence-corrected chi connectivity index (χ4v) is 3.29. The van der Waals surface area contributed by atoms with E-state index < -0.39 is 18.3 Å². The number of para-hydroxylation sites is 1. The summed E-state index contributed by atoms with van der Waals surface area (Å²) in [6.07, 6.45) is 0. The summed E-state index contributed by atoms with van der Waals surface area (Å²) >= 11 is 5.95. The largest absolute Gasteiger partial charge is 0.499 e. The van der Waals surface area contributed by atoms with Crippen molar-refractivity contribution in [2.45, 2.75) is 38.9 Å². The predicted octanol–water partition coefficient (Wildman–Crippen LogP) is 4.62. The molecule has 0 N–H and O–H groups in total. The maximum Gasteiger partial charge on any atom is 0.499 e. The van der Waals surface area contributed by atoms with Crippen LogP contribution in [0.1, 0.15) is 43.8 Å². The van der Waals surface area contributed by atoms with Gasteiger partial charge in [0.2, 0.25) is 5.78 Å². The Hall–Kier alpha value is -2.08. The number of hydrogen-bond donors (Lipinski definition) is 0. The van der Waals surface area contributed by atoms with Crippen molar-refractivity contribution in [3.8, 4) is 0 Å². The number of carbonyl (C=O) groups is 1. The second kappa shape index (κ2) is 6.23. The molecule has 0 unspecified atom stereocenters. The van der Waals surface area contributed by atoms with Crippen molar-refractivity contribution in [2.75, 3.05) is 0 Å². The number of fused-ring (bicyclic) bond motifs is 1. The first-order valence-electron chi connectivity index (χ1n) is 8.87. The molecule has 4 rings (SSSR count). The molecule has 2 heterocycles. The van der Waals surface area contributed by atoms with E-state index in [4.69, 9.17) is 25.3 Å². The summed E-state index contributed by atoms with van der Waals surface area (Å²) in [5, 5.41) is 1.38. The Bertz CT molecular complexity index is 1000. The van der Waals surface area contributed by atoms with Crippen LogP contribution in [0.4, 0.5) is 0 Å². The third-order valence-corrected chi connectivity index (χ3v) is 5.69. The molecule has 0 aliphatic carbocycles. The van der Waals surface area contributed by atoms with Gasteiger partial charge in [-0.15, -0.1) is 0 Å². The Labute approximate surface area is 163 Å². The van der Waals surface area contributed by atoms with Gasteiger partial charge in [-0.05, 0) is 58.0 Å². The highest BCUT2D eigenvalue weighted by molar-refractivity contribution is 6.67. The Balaban J connectivity index is 1.86. The zero-order valence-corrected chi connectivity index (χ0v) is 16.5. The Morgan fingerprint density at radius 1 is 0.926 bits per heavy atom. The highest BCUT2D eigenvalue weighted by Crippen LogP contribution is 2.38. The van der Waals surface area contributed by atoms with Gasteiger partial charge in [-0.3, -0.25) is 4.79 Å². The van der Waals surface area contributed by atoms with E-state index in [-0.39, 0.29) is 11.5 Å². The molecule has 1 fully saturated rings. The number of halogens is 1. The molecular formula is C21H20BClO4. The van der Waals surface area contributed by atoms with Crippen molar-refractivity contribution in [3.63, 3.8) is 0 Å². The van der Waals surface area contributed by atoms with Crippen LogP contribution in [0.2, 0.25) is 5.02 Å². The Kier molecular flexibility index (Phi) is 4.22. The topological polar surface area (TPSA) is 48.7 Å². The van der Waals surface area contributed by atoms with Crippen LogP contribution in [0, 0.1) is 0 Å². The van der Waals surface area contributed by atoms with Crippen molar-refractivity contribution in [1.29, 1.82) is 0 Å². The lowest BCUT2D eigenvalue weighted by molar-refractivity contribution is 0.00578. The van der Waals surface area contributed by atoms with Crippen molar-refractivity contribution in [1.82, 2.24) is 0 Å². The van der Waals surface area contributed by atoms with Crippen LogP contribution < -0.4 is 5.46 Å². The maximum absolute atomic E-state index is 13.2. The summed E-state index contributed by atoms with van der Waals surface area (Å²) in [6, 6.07) is 14.3. The average Bonchev–Trinajstić information content (AvgIpc) is 3.09. The van der Waals surface area contributed by atoms with Gasteiger partial charge in [-0.2, -0.15) is 0 Å². The standard InChI is InChI=1S/C21H20BClO4/c1-20(2)21(3,4)27-22(26-20)17-15-7-5-6-8-16(15)25-19(17)18(24)13-9-11-14(23)12-10-13/h5-12H,1-4H3. The summed E-state index contributed by atoms with van der Waals surface area (Å²) in [4.78, 5) is 13.2. The molecule has 0 amide bonds. The SMILES string of the molecule is CC1(C)OB(c2c(C(=O)c3ccc(Cl)cc3)oc3ccccc23)OC1(C)C.